The van der Waals surface area contributed by atoms with E-state index < -0.39 is 0 Å². The van der Waals surface area contributed by atoms with Crippen LogP contribution in [0.15, 0.2) is 18.2 Å². The zero-order chi connectivity index (χ0) is 7.84. The van der Waals surface area contributed by atoms with Crippen molar-refractivity contribution in [2.75, 3.05) is 5.73 Å². The first-order chi connectivity index (χ1) is 5.25. The molecule has 0 saturated heterocycles. The van der Waals surface area contributed by atoms with Crippen LogP contribution in [0.25, 0.3) is 0 Å². The Morgan fingerprint density at radius 2 is 2.18 bits per heavy atom. The molecule has 0 amide bonds. The molecule has 0 spiro atoms. The topological polar surface area (TPSA) is 44.5 Å². The van der Waals surface area contributed by atoms with Crippen LogP contribution in [0, 0.1) is 0 Å². The summed E-state index contributed by atoms with van der Waals surface area (Å²) >= 11 is 0. The van der Waals surface area contributed by atoms with Gasteiger partial charge in [0.2, 0.25) is 6.29 Å². The van der Waals surface area contributed by atoms with Crippen LogP contribution in [0.1, 0.15) is 6.92 Å². The van der Waals surface area contributed by atoms with Gasteiger partial charge in [-0.2, -0.15) is 0 Å². The van der Waals surface area contributed by atoms with E-state index in [1.807, 2.05) is 19.1 Å². The van der Waals surface area contributed by atoms with Crippen LogP contribution in [-0.2, 0) is 0 Å². The number of fused-ring (bicyclic) bond motifs is 4. The third kappa shape index (κ3) is 0.981. The first kappa shape index (κ1) is 6.34. The van der Waals surface area contributed by atoms with Gasteiger partial charge in [-0.05, 0) is 12.1 Å². The fourth-order valence-electron chi connectivity index (χ4n) is 1.10. The first-order valence-corrected chi connectivity index (χ1v) is 3.48. The Morgan fingerprint density at radius 1 is 1.36 bits per heavy atom. The number of rotatable bonds is 0. The Labute approximate surface area is 64.7 Å². The summed E-state index contributed by atoms with van der Waals surface area (Å²) in [6.45, 7) is 1.83. The lowest BCUT2D eigenvalue weighted by atomic mass is 10.3. The highest BCUT2D eigenvalue weighted by Gasteiger charge is 2.14. The second kappa shape index (κ2) is 2.05. The molecule has 0 fully saturated rings. The van der Waals surface area contributed by atoms with Crippen molar-refractivity contribution < 1.29 is 9.47 Å². The quantitative estimate of drug-likeness (QED) is 0.570. The second-order valence-electron chi connectivity index (χ2n) is 2.50. The van der Waals surface area contributed by atoms with Gasteiger partial charge in [0.1, 0.15) is 11.5 Å². The molecular weight excluding hydrogens is 142 g/mol. The highest BCUT2D eigenvalue weighted by molar-refractivity contribution is 5.56. The summed E-state index contributed by atoms with van der Waals surface area (Å²) in [5, 5.41) is 0. The van der Waals surface area contributed by atoms with Crippen LogP contribution >= 0.6 is 0 Å². The molecule has 11 heavy (non-hydrogen) atoms. The maximum Gasteiger partial charge on any atom is 0.238 e. The summed E-state index contributed by atoms with van der Waals surface area (Å²) in [6.07, 6.45) is -0.243. The molecule has 1 unspecified atom stereocenters. The molecule has 1 atom stereocenters. The van der Waals surface area contributed by atoms with Gasteiger partial charge in [-0.15, -0.1) is 0 Å². The smallest absolute Gasteiger partial charge is 0.238 e. The molecule has 3 nitrogen and oxygen atoms in total. The van der Waals surface area contributed by atoms with Crippen LogP contribution in [0.5, 0.6) is 11.5 Å². The fourth-order valence-corrected chi connectivity index (χ4v) is 1.10. The van der Waals surface area contributed by atoms with Crippen molar-refractivity contribution >= 4 is 5.69 Å². The minimum absolute atomic E-state index is 0.243. The molecule has 0 aromatic heterocycles. The van der Waals surface area contributed by atoms with E-state index >= 15 is 0 Å². The average molecular weight is 151 g/mol. The van der Waals surface area contributed by atoms with Crippen molar-refractivity contribution in [3.05, 3.63) is 18.2 Å². The zero-order valence-corrected chi connectivity index (χ0v) is 6.20. The van der Waals surface area contributed by atoms with Crippen molar-refractivity contribution in [3.63, 3.8) is 0 Å². The predicted molar refractivity (Wildman–Crippen MR) is 41.6 cm³/mol. The summed E-state index contributed by atoms with van der Waals surface area (Å²) in [5.41, 5.74) is 6.26. The molecule has 2 heterocycles. The number of hydrogen-bond donors (Lipinski definition) is 1. The minimum Gasteiger partial charge on any atom is -0.455 e. The second-order valence-corrected chi connectivity index (χ2v) is 2.50. The lowest BCUT2D eigenvalue weighted by Crippen LogP contribution is -2.17. The van der Waals surface area contributed by atoms with E-state index in [2.05, 4.69) is 0 Å². The van der Waals surface area contributed by atoms with Crippen LogP contribution in [0.4, 0.5) is 5.69 Å². The first-order valence-electron chi connectivity index (χ1n) is 3.48. The molecular formula is C8H9NO2. The minimum atomic E-state index is -0.243. The zero-order valence-electron chi connectivity index (χ0n) is 6.20. The SMILES string of the molecule is CC1Oc2ccc(c(N)c2)O1. The van der Waals surface area contributed by atoms with Crippen LogP contribution in [-0.4, -0.2) is 6.29 Å². The molecule has 3 heteroatoms. The summed E-state index contributed by atoms with van der Waals surface area (Å²) in [4.78, 5) is 0. The van der Waals surface area contributed by atoms with Gasteiger partial charge in [0.05, 0.1) is 5.69 Å². The van der Waals surface area contributed by atoms with Crippen molar-refractivity contribution in [2.45, 2.75) is 13.2 Å². The monoisotopic (exact) mass is 151 g/mol. The molecule has 58 valence electrons. The van der Waals surface area contributed by atoms with Gasteiger partial charge >= 0.3 is 0 Å². The average Bonchev–Trinajstić information content (AvgIpc) is 2.16. The fraction of sp³-hybridized carbons (Fsp3) is 0.250. The van der Waals surface area contributed by atoms with E-state index in [9.17, 15) is 0 Å². The number of anilines is 1. The van der Waals surface area contributed by atoms with E-state index in [1.54, 1.807) is 6.07 Å². The van der Waals surface area contributed by atoms with Gasteiger partial charge in [0, 0.05) is 13.0 Å². The Hall–Kier alpha value is -1.38. The summed E-state index contributed by atoms with van der Waals surface area (Å²) < 4.78 is 10.6. The van der Waals surface area contributed by atoms with E-state index in [4.69, 9.17) is 15.2 Å². The van der Waals surface area contributed by atoms with Crippen molar-refractivity contribution in [2.24, 2.45) is 0 Å². The third-order valence-electron chi connectivity index (χ3n) is 1.58. The molecule has 0 aliphatic carbocycles. The normalized spacial score (nSPS) is 20.3. The molecule has 1 aromatic rings. The van der Waals surface area contributed by atoms with Crippen molar-refractivity contribution in [1.82, 2.24) is 0 Å². The van der Waals surface area contributed by atoms with E-state index in [-0.39, 0.29) is 6.29 Å². The van der Waals surface area contributed by atoms with Crippen LogP contribution < -0.4 is 15.2 Å². The number of nitrogens with two attached hydrogens (primary N) is 1. The lowest BCUT2D eigenvalue weighted by Gasteiger charge is -2.10. The molecule has 2 aliphatic rings. The van der Waals surface area contributed by atoms with Crippen LogP contribution in [0.2, 0.25) is 0 Å². The van der Waals surface area contributed by atoms with Crippen molar-refractivity contribution in [1.29, 1.82) is 0 Å². The number of nitrogen functional groups attached to an aromatic ring is 1. The van der Waals surface area contributed by atoms with Crippen molar-refractivity contribution in [3.8, 4) is 11.5 Å². The molecule has 2 bridgehead atoms. The molecule has 0 radical (unpaired) electrons. The molecule has 1 aromatic carbocycles. The molecule has 2 aliphatic heterocycles. The predicted octanol–water partition coefficient (Wildman–Crippen LogP) is 1.39. The number of hydrogen-bond acceptors (Lipinski definition) is 3. The summed E-state index contributed by atoms with van der Waals surface area (Å²) in [7, 11) is 0. The van der Waals surface area contributed by atoms with Gasteiger partial charge in [0.15, 0.2) is 0 Å². The highest BCUT2D eigenvalue weighted by Crippen LogP contribution is 2.31. The summed E-state index contributed by atoms with van der Waals surface area (Å²) in [6, 6.07) is 5.42. The molecule has 2 N–H and O–H groups in total. The Bertz CT molecular complexity index is 285. The molecule has 3 rings (SSSR count). The van der Waals surface area contributed by atoms with E-state index in [0.29, 0.717) is 11.4 Å². The number of ether oxygens (including phenoxy) is 2. The van der Waals surface area contributed by atoms with Gasteiger partial charge in [-0.1, -0.05) is 0 Å². The van der Waals surface area contributed by atoms with Gasteiger partial charge < -0.3 is 15.2 Å². The highest BCUT2D eigenvalue weighted by atomic mass is 16.7. The lowest BCUT2D eigenvalue weighted by molar-refractivity contribution is 0.0285. The summed E-state index contributed by atoms with van der Waals surface area (Å²) in [5.74, 6) is 1.45. The van der Waals surface area contributed by atoms with E-state index in [1.165, 1.54) is 0 Å². The standard InChI is InChI=1S/C8H9NO2/c1-5-10-6-2-3-8(11-5)7(9)4-6/h2-5H,9H2,1H3. The van der Waals surface area contributed by atoms with E-state index in [0.717, 1.165) is 5.75 Å². The maximum absolute atomic E-state index is 5.63. The van der Waals surface area contributed by atoms with Gasteiger partial charge in [0.25, 0.3) is 0 Å². The van der Waals surface area contributed by atoms with Gasteiger partial charge in [-0.3, -0.25) is 0 Å². The number of benzene rings is 1. The Kier molecular flexibility index (Phi) is 1.18. The van der Waals surface area contributed by atoms with Crippen LogP contribution in [0.3, 0.4) is 0 Å². The maximum atomic E-state index is 5.63. The Morgan fingerprint density at radius 3 is 2.91 bits per heavy atom. The van der Waals surface area contributed by atoms with Gasteiger partial charge in [-0.25, -0.2) is 0 Å². The molecule has 0 saturated carbocycles. The Balaban J connectivity index is 2.51. The third-order valence-corrected chi connectivity index (χ3v) is 1.58. The largest absolute Gasteiger partial charge is 0.455 e.